The van der Waals surface area contributed by atoms with E-state index in [1.165, 1.54) is 19.3 Å². The van der Waals surface area contributed by atoms with Gasteiger partial charge < -0.3 is 4.57 Å². The fourth-order valence-electron chi connectivity index (χ4n) is 4.82. The molecule has 3 aromatic rings. The largest absolute Gasteiger partial charge is 0.318 e. The van der Waals surface area contributed by atoms with E-state index in [2.05, 4.69) is 16.5 Å². The second-order valence-corrected chi connectivity index (χ2v) is 12.3. The molecule has 2 bridgehead atoms. The van der Waals surface area contributed by atoms with Crippen molar-refractivity contribution in [2.75, 3.05) is 5.75 Å². The summed E-state index contributed by atoms with van der Waals surface area (Å²) < 4.78 is 16.4. The number of rotatable bonds is 5. The summed E-state index contributed by atoms with van der Waals surface area (Å²) in [5.74, 6) is 1.13. The molecule has 0 radical (unpaired) electrons. The SMILES string of the molecule is Cn1ccc2c([C@H](C[S@@](=O)C(C)(C)C)c3cn(C45CC(C4)C5)nn3)cccc2c1=O. The molecule has 158 valence electrons. The Kier molecular flexibility index (Phi) is 4.33. The quantitative estimate of drug-likeness (QED) is 0.630. The van der Waals surface area contributed by atoms with Gasteiger partial charge >= 0.3 is 0 Å². The third-order valence-corrected chi connectivity index (χ3v) is 8.89. The van der Waals surface area contributed by atoms with Crippen LogP contribution in [0.25, 0.3) is 10.8 Å². The highest BCUT2D eigenvalue weighted by Gasteiger charge is 2.58. The van der Waals surface area contributed by atoms with Crippen molar-refractivity contribution in [3.05, 3.63) is 58.3 Å². The Balaban J connectivity index is 1.62. The Hall–Kier alpha value is -2.28. The number of hydrogen-bond donors (Lipinski definition) is 0. The van der Waals surface area contributed by atoms with Crippen LogP contribution in [-0.4, -0.2) is 34.3 Å². The maximum atomic E-state index is 13.1. The molecule has 0 spiro atoms. The zero-order valence-electron chi connectivity index (χ0n) is 18.0. The second-order valence-electron chi connectivity index (χ2n) is 10.0. The maximum Gasteiger partial charge on any atom is 0.258 e. The first kappa shape index (κ1) is 19.7. The van der Waals surface area contributed by atoms with Crippen molar-refractivity contribution in [1.82, 2.24) is 19.6 Å². The highest BCUT2D eigenvalue weighted by atomic mass is 32.2. The van der Waals surface area contributed by atoms with Crippen molar-refractivity contribution in [2.24, 2.45) is 13.0 Å². The molecular formula is C23H28N4O2S. The van der Waals surface area contributed by atoms with Crippen molar-refractivity contribution in [3.8, 4) is 0 Å². The molecule has 6 nitrogen and oxygen atoms in total. The third-order valence-electron chi connectivity index (χ3n) is 6.89. The average molecular weight is 425 g/mol. The molecule has 0 amide bonds. The molecule has 0 N–H and O–H groups in total. The van der Waals surface area contributed by atoms with Crippen LogP contribution < -0.4 is 5.56 Å². The molecule has 2 aromatic heterocycles. The zero-order chi connectivity index (χ0) is 21.3. The molecule has 2 heterocycles. The zero-order valence-corrected chi connectivity index (χ0v) is 18.8. The molecule has 3 saturated carbocycles. The summed E-state index contributed by atoms with van der Waals surface area (Å²) in [5, 5.41) is 10.6. The molecule has 3 fully saturated rings. The van der Waals surface area contributed by atoms with Gasteiger partial charge in [0.25, 0.3) is 5.56 Å². The molecule has 2 atom stereocenters. The Morgan fingerprint density at radius 3 is 2.57 bits per heavy atom. The van der Waals surface area contributed by atoms with E-state index in [0.29, 0.717) is 11.1 Å². The lowest BCUT2D eigenvalue weighted by Crippen LogP contribution is -2.59. The van der Waals surface area contributed by atoms with Gasteiger partial charge in [-0.3, -0.25) is 9.00 Å². The minimum atomic E-state index is -1.07. The van der Waals surface area contributed by atoms with Gasteiger partial charge in [-0.1, -0.05) is 17.3 Å². The predicted molar refractivity (Wildman–Crippen MR) is 119 cm³/mol. The van der Waals surface area contributed by atoms with Gasteiger partial charge in [0, 0.05) is 52.0 Å². The van der Waals surface area contributed by atoms with Crippen LogP contribution in [-0.2, 0) is 23.4 Å². The Morgan fingerprint density at radius 1 is 1.20 bits per heavy atom. The normalized spacial score (nSPS) is 24.9. The lowest BCUT2D eigenvalue weighted by Gasteiger charge is -2.61. The highest BCUT2D eigenvalue weighted by Crippen LogP contribution is 2.62. The summed E-state index contributed by atoms with van der Waals surface area (Å²) in [6, 6.07) is 7.78. The van der Waals surface area contributed by atoms with Gasteiger partial charge in [0.2, 0.25) is 0 Å². The summed E-state index contributed by atoms with van der Waals surface area (Å²) in [6.07, 6.45) is 7.43. The lowest BCUT2D eigenvalue weighted by molar-refractivity contribution is -0.0989. The Labute approximate surface area is 178 Å². The van der Waals surface area contributed by atoms with Crippen LogP contribution in [0.5, 0.6) is 0 Å². The Morgan fingerprint density at radius 2 is 1.93 bits per heavy atom. The van der Waals surface area contributed by atoms with Crippen LogP contribution in [0.1, 0.15) is 57.2 Å². The van der Waals surface area contributed by atoms with Gasteiger partial charge in [-0.2, -0.15) is 0 Å². The summed E-state index contributed by atoms with van der Waals surface area (Å²) in [6.45, 7) is 5.99. The molecule has 30 heavy (non-hydrogen) atoms. The van der Waals surface area contributed by atoms with E-state index in [9.17, 15) is 9.00 Å². The first-order valence-electron chi connectivity index (χ1n) is 10.6. The van der Waals surface area contributed by atoms with Crippen molar-refractivity contribution >= 4 is 21.6 Å². The number of benzene rings is 1. The molecule has 6 rings (SSSR count). The van der Waals surface area contributed by atoms with Crippen LogP contribution >= 0.6 is 0 Å². The lowest BCUT2D eigenvalue weighted by atomic mass is 9.50. The second kappa shape index (κ2) is 6.61. The number of fused-ring (bicyclic) bond motifs is 1. The van der Waals surface area contributed by atoms with Crippen LogP contribution in [0.2, 0.25) is 0 Å². The number of aromatic nitrogens is 4. The predicted octanol–water partition coefficient (Wildman–Crippen LogP) is 3.32. The number of hydrogen-bond acceptors (Lipinski definition) is 4. The van der Waals surface area contributed by atoms with Crippen LogP contribution in [0.15, 0.2) is 41.5 Å². The third kappa shape index (κ3) is 2.97. The maximum absolute atomic E-state index is 13.1. The number of aryl methyl sites for hydroxylation is 1. The van der Waals surface area contributed by atoms with Gasteiger partial charge in [-0.15, -0.1) is 5.10 Å². The summed E-state index contributed by atoms with van der Waals surface area (Å²) in [4.78, 5) is 12.7. The van der Waals surface area contributed by atoms with Crippen molar-refractivity contribution in [1.29, 1.82) is 0 Å². The molecule has 0 unspecified atom stereocenters. The van der Waals surface area contributed by atoms with Gasteiger partial charge in [-0.25, -0.2) is 4.68 Å². The van der Waals surface area contributed by atoms with E-state index in [4.69, 9.17) is 0 Å². The fraction of sp³-hybridized carbons (Fsp3) is 0.522. The van der Waals surface area contributed by atoms with Crippen molar-refractivity contribution in [3.63, 3.8) is 0 Å². The van der Waals surface area contributed by atoms with E-state index in [0.717, 1.165) is 22.6 Å². The summed E-state index contributed by atoms with van der Waals surface area (Å²) >= 11 is 0. The standard InChI is InChI=1S/C23H28N4O2S/c1-22(2,3)30(29)14-19(20-13-27(25-24-20)23-10-15(11-23)12-23)16-6-5-7-18-17(16)8-9-26(4)21(18)28/h5-9,13,15,19H,10-12,14H2,1-4H3/t15?,19-,23?,30+/m0/s1. The van der Waals surface area contributed by atoms with E-state index in [1.54, 1.807) is 17.8 Å². The highest BCUT2D eigenvalue weighted by molar-refractivity contribution is 7.86. The monoisotopic (exact) mass is 424 g/mol. The molecule has 1 aromatic carbocycles. The van der Waals surface area contributed by atoms with E-state index in [1.807, 2.05) is 49.7 Å². The summed E-state index contributed by atoms with van der Waals surface area (Å²) in [5.41, 5.74) is 1.97. The molecular weight excluding hydrogens is 396 g/mol. The fourth-order valence-corrected chi connectivity index (χ4v) is 5.97. The number of nitrogens with zero attached hydrogens (tertiary/aromatic N) is 4. The smallest absolute Gasteiger partial charge is 0.258 e. The van der Waals surface area contributed by atoms with E-state index >= 15 is 0 Å². The van der Waals surface area contributed by atoms with Crippen LogP contribution in [0.3, 0.4) is 0 Å². The van der Waals surface area contributed by atoms with E-state index < -0.39 is 10.8 Å². The van der Waals surface area contributed by atoms with Gasteiger partial charge in [-0.05, 0) is 69.0 Å². The first-order chi connectivity index (χ1) is 14.2. The molecule has 3 aliphatic rings. The Bertz CT molecular complexity index is 1200. The first-order valence-corrected chi connectivity index (χ1v) is 11.9. The minimum absolute atomic E-state index is 0.0254. The van der Waals surface area contributed by atoms with Gasteiger partial charge in [0.05, 0.1) is 11.2 Å². The van der Waals surface area contributed by atoms with E-state index in [-0.39, 0.29) is 21.8 Å². The number of pyridine rings is 1. The minimum Gasteiger partial charge on any atom is -0.318 e. The summed E-state index contributed by atoms with van der Waals surface area (Å²) in [7, 11) is 0.689. The van der Waals surface area contributed by atoms with Gasteiger partial charge in [0.1, 0.15) is 0 Å². The molecule has 3 aliphatic carbocycles. The van der Waals surface area contributed by atoms with Crippen LogP contribution in [0, 0.1) is 5.92 Å². The molecule has 7 heteroatoms. The van der Waals surface area contributed by atoms with Crippen molar-refractivity contribution in [2.45, 2.75) is 56.2 Å². The molecule has 0 aliphatic heterocycles. The molecule has 0 saturated heterocycles. The van der Waals surface area contributed by atoms with Crippen LogP contribution in [0.4, 0.5) is 0 Å². The topological polar surface area (TPSA) is 69.8 Å². The average Bonchev–Trinajstić information content (AvgIpc) is 3.08. The van der Waals surface area contributed by atoms with Gasteiger partial charge in [0.15, 0.2) is 0 Å². The van der Waals surface area contributed by atoms with Crippen molar-refractivity contribution < 1.29 is 4.21 Å².